The van der Waals surface area contributed by atoms with Crippen molar-refractivity contribution in [2.75, 3.05) is 12.9 Å². The zero-order valence-electron chi connectivity index (χ0n) is 17.9. The van der Waals surface area contributed by atoms with Crippen LogP contribution in [-0.2, 0) is 19.5 Å². The molecule has 6 heteroatoms. The van der Waals surface area contributed by atoms with Crippen LogP contribution in [0.1, 0.15) is 41.1 Å². The van der Waals surface area contributed by atoms with E-state index < -0.39 is 6.10 Å². The third kappa shape index (κ3) is 8.14. The SMILES string of the molecule is CCc1ccc(CNCc2ccc(OC)cc2)cc1.Cc1cnc(C(O)CS)nc1. The Morgan fingerprint density at radius 2 is 1.43 bits per heavy atom. The molecule has 5 nitrogen and oxygen atoms in total. The van der Waals surface area contributed by atoms with E-state index in [-0.39, 0.29) is 0 Å². The van der Waals surface area contributed by atoms with Gasteiger partial charge in [0.25, 0.3) is 0 Å². The monoisotopic (exact) mass is 425 g/mol. The minimum Gasteiger partial charge on any atom is -0.497 e. The third-order valence-electron chi connectivity index (χ3n) is 4.52. The summed E-state index contributed by atoms with van der Waals surface area (Å²) in [5.41, 5.74) is 4.97. The molecule has 30 heavy (non-hydrogen) atoms. The molecule has 0 radical (unpaired) electrons. The molecule has 0 amide bonds. The van der Waals surface area contributed by atoms with Gasteiger partial charge in [0.05, 0.1) is 7.11 Å². The number of aliphatic hydroxyl groups is 1. The fraction of sp³-hybridized carbons (Fsp3) is 0.333. The molecule has 3 aromatic rings. The van der Waals surface area contributed by atoms with Gasteiger partial charge in [0, 0.05) is 31.2 Å². The van der Waals surface area contributed by atoms with Crippen molar-refractivity contribution in [3.8, 4) is 5.75 Å². The maximum atomic E-state index is 9.22. The molecule has 2 N–H and O–H groups in total. The molecule has 0 aliphatic rings. The number of rotatable bonds is 8. The predicted octanol–water partition coefficient (Wildman–Crippen LogP) is 4.30. The summed E-state index contributed by atoms with van der Waals surface area (Å²) in [6.45, 7) is 5.85. The molecule has 160 valence electrons. The molecule has 2 aromatic carbocycles. The van der Waals surface area contributed by atoms with Crippen LogP contribution in [-0.4, -0.2) is 27.9 Å². The number of aliphatic hydroxyl groups excluding tert-OH is 1. The Kier molecular flexibility index (Phi) is 10.3. The van der Waals surface area contributed by atoms with E-state index in [2.05, 4.69) is 71.2 Å². The lowest BCUT2D eigenvalue weighted by Gasteiger charge is -2.07. The van der Waals surface area contributed by atoms with Crippen LogP contribution < -0.4 is 10.1 Å². The number of benzene rings is 2. The van der Waals surface area contributed by atoms with Crippen LogP contribution in [0, 0.1) is 6.92 Å². The number of methoxy groups -OCH3 is 1. The van der Waals surface area contributed by atoms with E-state index in [4.69, 9.17) is 4.74 Å². The maximum absolute atomic E-state index is 9.22. The van der Waals surface area contributed by atoms with Crippen LogP contribution in [0.5, 0.6) is 5.75 Å². The normalized spacial score (nSPS) is 11.4. The zero-order chi connectivity index (χ0) is 21.8. The van der Waals surface area contributed by atoms with Crippen molar-refractivity contribution in [1.29, 1.82) is 0 Å². The maximum Gasteiger partial charge on any atom is 0.157 e. The number of hydrogen-bond donors (Lipinski definition) is 3. The van der Waals surface area contributed by atoms with Crippen molar-refractivity contribution in [2.24, 2.45) is 0 Å². The summed E-state index contributed by atoms with van der Waals surface area (Å²) < 4.78 is 5.14. The van der Waals surface area contributed by atoms with Gasteiger partial charge in [-0.05, 0) is 47.7 Å². The summed E-state index contributed by atoms with van der Waals surface area (Å²) in [4.78, 5) is 7.88. The smallest absolute Gasteiger partial charge is 0.157 e. The number of aromatic nitrogens is 2. The van der Waals surface area contributed by atoms with Crippen molar-refractivity contribution in [3.63, 3.8) is 0 Å². The number of ether oxygens (including phenoxy) is 1. The molecule has 3 rings (SSSR count). The van der Waals surface area contributed by atoms with Gasteiger partial charge in [-0.3, -0.25) is 0 Å². The van der Waals surface area contributed by atoms with Crippen LogP contribution in [0.25, 0.3) is 0 Å². The molecule has 1 heterocycles. The number of hydrogen-bond acceptors (Lipinski definition) is 6. The van der Waals surface area contributed by atoms with Gasteiger partial charge in [0.15, 0.2) is 5.82 Å². The first-order valence-corrected chi connectivity index (χ1v) is 10.7. The van der Waals surface area contributed by atoms with E-state index in [0.29, 0.717) is 11.6 Å². The van der Waals surface area contributed by atoms with Gasteiger partial charge in [-0.15, -0.1) is 0 Å². The average molecular weight is 426 g/mol. The van der Waals surface area contributed by atoms with Gasteiger partial charge in [-0.2, -0.15) is 12.6 Å². The Balaban J connectivity index is 0.000000248. The highest BCUT2D eigenvalue weighted by Gasteiger charge is 2.06. The third-order valence-corrected chi connectivity index (χ3v) is 4.87. The molecular weight excluding hydrogens is 394 g/mol. The Morgan fingerprint density at radius 3 is 1.90 bits per heavy atom. The fourth-order valence-electron chi connectivity index (χ4n) is 2.64. The molecule has 0 spiro atoms. The second-order valence-corrected chi connectivity index (χ2v) is 7.30. The van der Waals surface area contributed by atoms with Gasteiger partial charge in [-0.1, -0.05) is 43.3 Å². The van der Waals surface area contributed by atoms with Crippen molar-refractivity contribution in [3.05, 3.63) is 89.0 Å². The first kappa shape index (κ1) is 23.9. The van der Waals surface area contributed by atoms with E-state index in [0.717, 1.165) is 30.8 Å². The standard InChI is InChI=1S/C17H21NO.C7H10N2OS/c1-3-14-4-6-15(7-5-14)12-18-13-16-8-10-17(19-2)11-9-16;1-5-2-8-7(9-3-5)6(10)4-11/h4-11,18H,3,12-13H2,1-2H3;2-3,6,10-11H,4H2,1H3. The number of aryl methyl sites for hydroxylation is 2. The van der Waals surface area contributed by atoms with E-state index >= 15 is 0 Å². The van der Waals surface area contributed by atoms with E-state index in [9.17, 15) is 5.11 Å². The van der Waals surface area contributed by atoms with Gasteiger partial charge < -0.3 is 15.2 Å². The molecule has 0 saturated carbocycles. The highest BCUT2D eigenvalue weighted by atomic mass is 32.1. The average Bonchev–Trinajstić information content (AvgIpc) is 2.80. The number of nitrogens with one attached hydrogen (secondary N) is 1. The van der Waals surface area contributed by atoms with E-state index in [1.807, 2.05) is 19.1 Å². The van der Waals surface area contributed by atoms with Crippen LogP contribution >= 0.6 is 12.6 Å². The fourth-order valence-corrected chi connectivity index (χ4v) is 2.81. The topological polar surface area (TPSA) is 67.3 Å². The lowest BCUT2D eigenvalue weighted by atomic mass is 10.1. The summed E-state index contributed by atoms with van der Waals surface area (Å²) in [6, 6.07) is 17.0. The molecule has 0 fully saturated rings. The van der Waals surface area contributed by atoms with E-state index in [1.165, 1.54) is 16.7 Å². The van der Waals surface area contributed by atoms with Crippen molar-refractivity contribution < 1.29 is 9.84 Å². The molecule has 0 bridgehead atoms. The number of nitrogens with zero attached hydrogens (tertiary/aromatic N) is 2. The number of thiol groups is 1. The minimum absolute atomic E-state index is 0.350. The lowest BCUT2D eigenvalue weighted by molar-refractivity contribution is 0.194. The molecule has 0 saturated heterocycles. The van der Waals surface area contributed by atoms with Gasteiger partial charge in [0.1, 0.15) is 11.9 Å². The summed E-state index contributed by atoms with van der Waals surface area (Å²) in [5, 5.41) is 12.7. The second kappa shape index (κ2) is 13.0. The predicted molar refractivity (Wildman–Crippen MR) is 125 cm³/mol. The Labute approximate surface area is 185 Å². The van der Waals surface area contributed by atoms with Crippen LogP contribution in [0.2, 0.25) is 0 Å². The summed E-state index contributed by atoms with van der Waals surface area (Å²) in [5.74, 6) is 1.69. The molecule has 1 atom stereocenters. The highest BCUT2D eigenvalue weighted by Crippen LogP contribution is 2.11. The minimum atomic E-state index is -0.654. The first-order chi connectivity index (χ1) is 14.5. The summed E-state index contributed by atoms with van der Waals surface area (Å²) >= 11 is 3.92. The summed E-state index contributed by atoms with van der Waals surface area (Å²) in [6.07, 6.45) is 3.79. The molecule has 1 aromatic heterocycles. The van der Waals surface area contributed by atoms with Crippen LogP contribution in [0.3, 0.4) is 0 Å². The van der Waals surface area contributed by atoms with Crippen molar-refractivity contribution >= 4 is 12.6 Å². The molecule has 0 aliphatic heterocycles. The van der Waals surface area contributed by atoms with Crippen molar-refractivity contribution in [1.82, 2.24) is 15.3 Å². The van der Waals surface area contributed by atoms with Crippen molar-refractivity contribution in [2.45, 2.75) is 39.5 Å². The zero-order valence-corrected chi connectivity index (χ0v) is 18.8. The lowest BCUT2D eigenvalue weighted by Crippen LogP contribution is -2.12. The Bertz CT molecular complexity index is 806. The van der Waals surface area contributed by atoms with Crippen LogP contribution in [0.4, 0.5) is 0 Å². The Hall–Kier alpha value is -2.41. The van der Waals surface area contributed by atoms with Gasteiger partial charge in [0.2, 0.25) is 0 Å². The highest BCUT2D eigenvalue weighted by molar-refractivity contribution is 7.80. The summed E-state index contributed by atoms with van der Waals surface area (Å²) in [7, 11) is 1.69. The second-order valence-electron chi connectivity index (χ2n) is 6.94. The molecule has 1 unspecified atom stereocenters. The van der Waals surface area contributed by atoms with Crippen LogP contribution in [0.15, 0.2) is 60.9 Å². The van der Waals surface area contributed by atoms with Gasteiger partial charge in [-0.25, -0.2) is 9.97 Å². The Morgan fingerprint density at radius 1 is 0.933 bits per heavy atom. The first-order valence-electron chi connectivity index (χ1n) is 10.0. The quantitative estimate of drug-likeness (QED) is 0.470. The molecular formula is C24H31N3O2S. The largest absolute Gasteiger partial charge is 0.497 e. The van der Waals surface area contributed by atoms with Gasteiger partial charge >= 0.3 is 0 Å². The van der Waals surface area contributed by atoms with E-state index in [1.54, 1.807) is 19.5 Å². The molecule has 0 aliphatic carbocycles.